The van der Waals surface area contributed by atoms with Crippen molar-refractivity contribution < 1.29 is 32.0 Å². The van der Waals surface area contributed by atoms with Gasteiger partial charge in [-0.05, 0) is 53.4 Å². The van der Waals surface area contributed by atoms with Gasteiger partial charge < -0.3 is 14.5 Å². The number of fused-ring (bicyclic) bond motifs is 3. The van der Waals surface area contributed by atoms with E-state index in [1.54, 1.807) is 18.2 Å². The van der Waals surface area contributed by atoms with Gasteiger partial charge in [0, 0.05) is 18.4 Å². The zero-order valence-electron chi connectivity index (χ0n) is 20.2. The number of alkyl carbamates (subject to hydrolysis) is 1. The first-order valence-corrected chi connectivity index (χ1v) is 12.4. The van der Waals surface area contributed by atoms with E-state index in [-0.39, 0.29) is 24.3 Å². The predicted octanol–water partition coefficient (Wildman–Crippen LogP) is 5.41. The van der Waals surface area contributed by atoms with Crippen molar-refractivity contribution in [3.8, 4) is 0 Å². The van der Waals surface area contributed by atoms with Crippen LogP contribution in [0.25, 0.3) is 0 Å². The van der Waals surface area contributed by atoms with E-state index in [1.807, 2.05) is 0 Å². The van der Waals surface area contributed by atoms with Crippen LogP contribution in [-0.4, -0.2) is 48.6 Å². The van der Waals surface area contributed by atoms with Crippen molar-refractivity contribution in [3.05, 3.63) is 107 Å². The minimum Gasteiger partial charge on any atom is -0.436 e. The molecule has 1 amide bonds. The van der Waals surface area contributed by atoms with Crippen molar-refractivity contribution in [2.24, 2.45) is 5.92 Å². The summed E-state index contributed by atoms with van der Waals surface area (Å²) in [6.07, 6.45) is 0.00839. The Balaban J connectivity index is 1.30. The number of carbonyl (C=O) groups excluding carboxylic acids is 2. The molecule has 0 unspecified atom stereocenters. The Morgan fingerprint density at radius 1 is 0.865 bits per heavy atom. The van der Waals surface area contributed by atoms with E-state index in [0.29, 0.717) is 27.7 Å². The summed E-state index contributed by atoms with van der Waals surface area (Å²) >= 11 is 0. The molecule has 3 fully saturated rings. The molecule has 3 saturated heterocycles. The molecule has 3 aromatic rings. The summed E-state index contributed by atoms with van der Waals surface area (Å²) in [5, 5.41) is 2.96. The van der Waals surface area contributed by atoms with Gasteiger partial charge >= 0.3 is 6.09 Å². The molecule has 3 heterocycles. The van der Waals surface area contributed by atoms with E-state index in [4.69, 9.17) is 4.74 Å². The molecular formula is C29H28F3N2O3+. The first-order valence-electron chi connectivity index (χ1n) is 12.4. The standard InChI is InChI=1S/C29H27F3N2O3/c30-23-7-1-4-20(14-23)27(35)18-34-12-10-19(11-13-34)26(17-34)33-29(36)37-28(21-5-2-8-24(31)15-21)22-6-3-9-25(32)16-22/h1-9,14-16,19,26,28H,10-13,17-18H2/p+1/t19?,26-,34?/m0/s1. The molecule has 0 aliphatic carbocycles. The first-order chi connectivity index (χ1) is 17.8. The van der Waals surface area contributed by atoms with Gasteiger partial charge in [0.2, 0.25) is 5.78 Å². The SMILES string of the molecule is O=C(N[C@H]1C[N+]2(CC(=O)c3cccc(F)c3)CCC1CC2)OC(c1cccc(F)c1)c1cccc(F)c1. The number of hydrogen-bond donors (Lipinski definition) is 1. The Kier molecular flexibility index (Phi) is 7.02. The number of quaternary nitrogens is 1. The van der Waals surface area contributed by atoms with Crippen molar-refractivity contribution in [3.63, 3.8) is 0 Å². The summed E-state index contributed by atoms with van der Waals surface area (Å²) in [5.74, 6) is -1.31. The van der Waals surface area contributed by atoms with Crippen molar-refractivity contribution in [1.82, 2.24) is 5.32 Å². The van der Waals surface area contributed by atoms with E-state index in [9.17, 15) is 22.8 Å². The number of rotatable bonds is 7. The highest BCUT2D eigenvalue weighted by Gasteiger charge is 2.47. The van der Waals surface area contributed by atoms with E-state index >= 15 is 0 Å². The molecule has 1 N–H and O–H groups in total. The molecule has 0 radical (unpaired) electrons. The largest absolute Gasteiger partial charge is 0.436 e. The van der Waals surface area contributed by atoms with Crippen LogP contribution in [0.1, 0.15) is 40.4 Å². The maximum absolute atomic E-state index is 13.9. The molecule has 3 aliphatic heterocycles. The molecule has 5 nitrogen and oxygen atoms in total. The molecule has 2 bridgehead atoms. The van der Waals surface area contributed by atoms with Gasteiger partial charge in [-0.3, -0.25) is 4.79 Å². The summed E-state index contributed by atoms with van der Waals surface area (Å²) in [4.78, 5) is 26.0. The zero-order chi connectivity index (χ0) is 26.0. The van der Waals surface area contributed by atoms with Crippen LogP contribution in [0.3, 0.4) is 0 Å². The fraction of sp³-hybridized carbons (Fsp3) is 0.310. The first kappa shape index (κ1) is 25.0. The third-order valence-corrected chi connectivity index (χ3v) is 7.56. The second-order valence-electron chi connectivity index (χ2n) is 10.0. The summed E-state index contributed by atoms with van der Waals surface area (Å²) in [6.45, 7) is 2.42. The van der Waals surface area contributed by atoms with Crippen LogP contribution in [-0.2, 0) is 4.74 Å². The number of hydrogen-bond acceptors (Lipinski definition) is 3. The van der Waals surface area contributed by atoms with Crippen molar-refractivity contribution in [2.45, 2.75) is 25.0 Å². The summed E-state index contributed by atoms with van der Waals surface area (Å²) in [7, 11) is 0. The molecule has 0 saturated carbocycles. The van der Waals surface area contributed by atoms with Crippen LogP contribution in [0.15, 0.2) is 72.8 Å². The zero-order valence-corrected chi connectivity index (χ0v) is 20.2. The Morgan fingerprint density at radius 2 is 1.43 bits per heavy atom. The van der Waals surface area contributed by atoms with Gasteiger partial charge in [0.15, 0.2) is 6.10 Å². The van der Waals surface area contributed by atoms with Gasteiger partial charge in [0.25, 0.3) is 0 Å². The van der Waals surface area contributed by atoms with Crippen LogP contribution in [0, 0.1) is 23.4 Å². The van der Waals surface area contributed by atoms with Gasteiger partial charge in [0.05, 0.1) is 25.7 Å². The monoisotopic (exact) mass is 509 g/mol. The van der Waals surface area contributed by atoms with Gasteiger partial charge in [-0.25, -0.2) is 18.0 Å². The number of piperidine rings is 3. The number of ether oxygens (including phenoxy) is 1. The molecule has 3 aliphatic rings. The second-order valence-corrected chi connectivity index (χ2v) is 10.0. The number of nitrogens with one attached hydrogen (secondary N) is 1. The minimum absolute atomic E-state index is 0.126. The summed E-state index contributed by atoms with van der Waals surface area (Å²) in [6, 6.07) is 16.8. The van der Waals surface area contributed by atoms with E-state index < -0.39 is 29.6 Å². The van der Waals surface area contributed by atoms with Crippen LogP contribution in [0.4, 0.5) is 18.0 Å². The lowest BCUT2D eigenvalue weighted by atomic mass is 9.81. The van der Waals surface area contributed by atoms with Crippen LogP contribution in [0.2, 0.25) is 0 Å². The fourth-order valence-corrected chi connectivity index (χ4v) is 5.69. The molecule has 3 aromatic carbocycles. The number of Topliss-reactive ketones (excluding diaryl/α,β-unsaturated/α-hetero) is 1. The van der Waals surface area contributed by atoms with E-state index in [1.165, 1.54) is 54.6 Å². The number of benzene rings is 3. The van der Waals surface area contributed by atoms with Crippen LogP contribution >= 0.6 is 0 Å². The average Bonchev–Trinajstić information content (AvgIpc) is 2.88. The van der Waals surface area contributed by atoms with Crippen molar-refractivity contribution >= 4 is 11.9 Å². The molecule has 8 heteroatoms. The molecule has 0 spiro atoms. The molecular weight excluding hydrogens is 481 g/mol. The minimum atomic E-state index is -0.995. The highest BCUT2D eigenvalue weighted by atomic mass is 19.1. The highest BCUT2D eigenvalue weighted by molar-refractivity contribution is 5.97. The van der Waals surface area contributed by atoms with E-state index in [0.717, 1.165) is 25.9 Å². The maximum Gasteiger partial charge on any atom is 0.408 e. The third-order valence-electron chi connectivity index (χ3n) is 7.56. The lowest BCUT2D eigenvalue weighted by Gasteiger charge is -2.52. The summed E-state index contributed by atoms with van der Waals surface area (Å²) in [5.41, 5.74) is 1.12. The quantitative estimate of drug-likeness (QED) is 0.342. The Hall–Kier alpha value is -3.65. The lowest BCUT2D eigenvalue weighted by Crippen LogP contribution is -2.68. The average molecular weight is 510 g/mol. The maximum atomic E-state index is 13.9. The fourth-order valence-electron chi connectivity index (χ4n) is 5.69. The Bertz CT molecular complexity index is 1260. The van der Waals surface area contributed by atoms with Crippen molar-refractivity contribution in [1.29, 1.82) is 0 Å². The second kappa shape index (κ2) is 10.4. The van der Waals surface area contributed by atoms with Gasteiger partial charge in [-0.2, -0.15) is 0 Å². The number of nitrogens with zero attached hydrogens (tertiary/aromatic N) is 1. The highest BCUT2D eigenvalue weighted by Crippen LogP contribution is 2.35. The topological polar surface area (TPSA) is 55.4 Å². The molecule has 192 valence electrons. The predicted molar refractivity (Wildman–Crippen MR) is 131 cm³/mol. The molecule has 6 rings (SSSR count). The van der Waals surface area contributed by atoms with E-state index in [2.05, 4.69) is 5.32 Å². The lowest BCUT2D eigenvalue weighted by molar-refractivity contribution is -0.936. The Labute approximate surface area is 213 Å². The van der Waals surface area contributed by atoms with Crippen molar-refractivity contribution in [2.75, 3.05) is 26.2 Å². The normalized spacial score (nSPS) is 22.6. The van der Waals surface area contributed by atoms with Crippen LogP contribution in [0.5, 0.6) is 0 Å². The smallest absolute Gasteiger partial charge is 0.408 e. The molecule has 0 aromatic heterocycles. The molecule has 1 atom stereocenters. The van der Waals surface area contributed by atoms with Gasteiger partial charge in [0.1, 0.15) is 24.0 Å². The number of halogens is 3. The van der Waals surface area contributed by atoms with Crippen LogP contribution < -0.4 is 5.32 Å². The molecule has 37 heavy (non-hydrogen) atoms. The van der Waals surface area contributed by atoms with Gasteiger partial charge in [-0.15, -0.1) is 0 Å². The number of ketones is 1. The Morgan fingerprint density at radius 3 is 2.00 bits per heavy atom. The van der Waals surface area contributed by atoms with Gasteiger partial charge in [-0.1, -0.05) is 36.4 Å². The number of amides is 1. The summed E-state index contributed by atoms with van der Waals surface area (Å²) < 4.78 is 47.8. The third kappa shape index (κ3) is 5.69. The number of carbonyl (C=O) groups is 2.